The number of aromatic amines is 1. The van der Waals surface area contributed by atoms with Gasteiger partial charge in [-0.3, -0.25) is 4.98 Å². The summed E-state index contributed by atoms with van der Waals surface area (Å²) in [6, 6.07) is 2.70. The Bertz CT molecular complexity index is 800. The maximum absolute atomic E-state index is 12.5. The van der Waals surface area contributed by atoms with Crippen molar-refractivity contribution >= 4 is 26.8 Å². The molecule has 1 aliphatic heterocycles. The Morgan fingerprint density at radius 2 is 1.90 bits per heavy atom. The summed E-state index contributed by atoms with van der Waals surface area (Å²) in [7, 11) is -3.59. The highest BCUT2D eigenvalue weighted by molar-refractivity contribution is 7.89. The minimum atomic E-state index is -3.59. The molecule has 0 aliphatic carbocycles. The molecule has 1 aromatic heterocycles. The first-order chi connectivity index (χ1) is 9.48. The van der Waals surface area contributed by atoms with Crippen LogP contribution in [0.4, 0.5) is 5.69 Å². The Balaban J connectivity index is 2.11. The molecule has 1 aliphatic rings. The lowest BCUT2D eigenvalue weighted by Crippen LogP contribution is -2.35. The molecule has 1 fully saturated rings. The van der Waals surface area contributed by atoms with Gasteiger partial charge in [-0.2, -0.15) is 4.31 Å². The van der Waals surface area contributed by atoms with Gasteiger partial charge < -0.3 is 10.2 Å². The molecule has 1 aromatic carbocycles. The molecule has 3 N–H and O–H groups in total. The van der Waals surface area contributed by atoms with E-state index in [-0.39, 0.29) is 16.2 Å². The maximum Gasteiger partial charge on any atom is 0.417 e. The molecule has 1 saturated heterocycles. The van der Waals surface area contributed by atoms with Crippen LogP contribution in [0.1, 0.15) is 19.3 Å². The number of oxazole rings is 1. The van der Waals surface area contributed by atoms with Crippen molar-refractivity contribution in [2.24, 2.45) is 0 Å². The van der Waals surface area contributed by atoms with E-state index in [0.717, 1.165) is 19.3 Å². The molecule has 20 heavy (non-hydrogen) atoms. The smallest absolute Gasteiger partial charge is 0.408 e. The number of rotatable bonds is 2. The fraction of sp³-hybridized carbons (Fsp3) is 0.417. The van der Waals surface area contributed by atoms with Crippen molar-refractivity contribution in [3.8, 4) is 0 Å². The zero-order valence-corrected chi connectivity index (χ0v) is 11.6. The fourth-order valence-corrected chi connectivity index (χ4v) is 4.02. The molecule has 0 radical (unpaired) electrons. The summed E-state index contributed by atoms with van der Waals surface area (Å²) in [6.45, 7) is 1.02. The molecule has 2 heterocycles. The van der Waals surface area contributed by atoms with E-state index in [1.165, 1.54) is 16.4 Å². The minimum absolute atomic E-state index is 0.0622. The second-order valence-electron chi connectivity index (χ2n) is 4.86. The van der Waals surface area contributed by atoms with Gasteiger partial charge in [0.15, 0.2) is 5.58 Å². The molecule has 0 atom stereocenters. The normalized spacial score (nSPS) is 17.6. The first-order valence-corrected chi connectivity index (χ1v) is 7.85. The van der Waals surface area contributed by atoms with Gasteiger partial charge in [-0.1, -0.05) is 6.42 Å². The average Bonchev–Trinajstić information content (AvgIpc) is 2.81. The van der Waals surface area contributed by atoms with Gasteiger partial charge in [0.2, 0.25) is 10.0 Å². The minimum Gasteiger partial charge on any atom is -0.408 e. The van der Waals surface area contributed by atoms with Gasteiger partial charge in [0.25, 0.3) is 0 Å². The quantitative estimate of drug-likeness (QED) is 0.800. The van der Waals surface area contributed by atoms with Crippen LogP contribution in [0, 0.1) is 0 Å². The van der Waals surface area contributed by atoms with Gasteiger partial charge >= 0.3 is 5.76 Å². The highest BCUT2D eigenvalue weighted by Gasteiger charge is 2.27. The van der Waals surface area contributed by atoms with Crippen LogP contribution in [0.3, 0.4) is 0 Å². The van der Waals surface area contributed by atoms with Crippen LogP contribution in [0.5, 0.6) is 0 Å². The topological polar surface area (TPSA) is 109 Å². The molecule has 0 amide bonds. The monoisotopic (exact) mass is 297 g/mol. The number of H-pyrrole nitrogens is 1. The molecular formula is C12H15N3O4S. The van der Waals surface area contributed by atoms with Crippen LogP contribution >= 0.6 is 0 Å². The zero-order valence-electron chi connectivity index (χ0n) is 10.8. The van der Waals surface area contributed by atoms with Crippen LogP contribution in [0.25, 0.3) is 11.1 Å². The molecule has 108 valence electrons. The van der Waals surface area contributed by atoms with Crippen LogP contribution in [0.15, 0.2) is 26.2 Å². The van der Waals surface area contributed by atoms with Gasteiger partial charge in [-0.05, 0) is 18.9 Å². The third kappa shape index (κ3) is 2.10. The van der Waals surface area contributed by atoms with Gasteiger partial charge in [0.1, 0.15) is 5.52 Å². The summed E-state index contributed by atoms with van der Waals surface area (Å²) in [5.74, 6) is -0.653. The lowest BCUT2D eigenvalue weighted by molar-refractivity contribution is 0.346. The second kappa shape index (κ2) is 4.64. The number of nitrogens with zero attached hydrogens (tertiary/aromatic N) is 1. The Morgan fingerprint density at radius 3 is 2.60 bits per heavy atom. The predicted molar refractivity (Wildman–Crippen MR) is 73.9 cm³/mol. The van der Waals surface area contributed by atoms with E-state index in [1.54, 1.807) is 0 Å². The number of sulfonamides is 1. The number of aromatic nitrogens is 1. The summed E-state index contributed by atoms with van der Waals surface area (Å²) >= 11 is 0. The highest BCUT2D eigenvalue weighted by atomic mass is 32.2. The molecule has 0 unspecified atom stereocenters. The third-order valence-electron chi connectivity index (χ3n) is 3.49. The predicted octanol–water partition coefficient (Wildman–Crippen LogP) is 0.878. The molecule has 0 bridgehead atoms. The number of benzene rings is 1. The van der Waals surface area contributed by atoms with Crippen molar-refractivity contribution < 1.29 is 12.8 Å². The molecule has 0 spiro atoms. The number of anilines is 1. The van der Waals surface area contributed by atoms with Crippen molar-refractivity contribution in [1.29, 1.82) is 0 Å². The SMILES string of the molecule is Nc1cc(S(=O)(=O)N2CCCCC2)cc2oc(=O)[nH]c12. The van der Waals surface area contributed by atoms with Gasteiger partial charge in [-0.15, -0.1) is 0 Å². The third-order valence-corrected chi connectivity index (χ3v) is 5.37. The van der Waals surface area contributed by atoms with E-state index in [1.807, 2.05) is 0 Å². The Kier molecular flexibility index (Phi) is 3.06. The molecule has 7 nitrogen and oxygen atoms in total. The van der Waals surface area contributed by atoms with Crippen LogP contribution in [-0.4, -0.2) is 30.8 Å². The van der Waals surface area contributed by atoms with Crippen molar-refractivity contribution in [3.05, 3.63) is 22.7 Å². The van der Waals surface area contributed by atoms with E-state index >= 15 is 0 Å². The number of hydrogen-bond donors (Lipinski definition) is 2. The summed E-state index contributed by atoms with van der Waals surface area (Å²) < 4.78 is 31.4. The number of fused-ring (bicyclic) bond motifs is 1. The van der Waals surface area contributed by atoms with Crippen LogP contribution in [0.2, 0.25) is 0 Å². The average molecular weight is 297 g/mol. The van der Waals surface area contributed by atoms with E-state index < -0.39 is 15.8 Å². The van der Waals surface area contributed by atoms with E-state index in [0.29, 0.717) is 18.6 Å². The van der Waals surface area contributed by atoms with E-state index in [2.05, 4.69) is 4.98 Å². The Hall–Kier alpha value is -1.80. The molecule has 0 saturated carbocycles. The largest absolute Gasteiger partial charge is 0.417 e. The summed E-state index contributed by atoms with van der Waals surface area (Å²) in [5, 5.41) is 0. The number of nitrogens with two attached hydrogens (primary N) is 1. The Morgan fingerprint density at radius 1 is 1.20 bits per heavy atom. The lowest BCUT2D eigenvalue weighted by Gasteiger charge is -2.25. The number of hydrogen-bond acceptors (Lipinski definition) is 5. The van der Waals surface area contributed by atoms with Gasteiger partial charge in [-0.25, -0.2) is 13.2 Å². The van der Waals surface area contributed by atoms with E-state index in [9.17, 15) is 13.2 Å². The highest BCUT2D eigenvalue weighted by Crippen LogP contribution is 2.27. The molecule has 3 rings (SSSR count). The summed E-state index contributed by atoms with van der Waals surface area (Å²) in [4.78, 5) is 13.7. The molecule has 8 heteroatoms. The molecule has 2 aromatic rings. The fourth-order valence-electron chi connectivity index (χ4n) is 2.46. The van der Waals surface area contributed by atoms with Crippen molar-refractivity contribution in [2.75, 3.05) is 18.8 Å². The van der Waals surface area contributed by atoms with Crippen molar-refractivity contribution in [1.82, 2.24) is 9.29 Å². The van der Waals surface area contributed by atoms with Crippen molar-refractivity contribution in [2.45, 2.75) is 24.2 Å². The standard InChI is InChI=1S/C12H15N3O4S/c13-9-6-8(7-10-11(9)14-12(16)19-10)20(17,18)15-4-2-1-3-5-15/h6-7H,1-5,13H2,(H,14,16). The van der Waals surface area contributed by atoms with Gasteiger partial charge in [0.05, 0.1) is 10.6 Å². The summed E-state index contributed by atoms with van der Waals surface area (Å²) in [6.07, 6.45) is 2.76. The van der Waals surface area contributed by atoms with E-state index in [4.69, 9.17) is 10.2 Å². The maximum atomic E-state index is 12.5. The van der Waals surface area contributed by atoms with Crippen molar-refractivity contribution in [3.63, 3.8) is 0 Å². The van der Waals surface area contributed by atoms with Gasteiger partial charge in [0, 0.05) is 19.2 Å². The van der Waals surface area contributed by atoms with Crippen LogP contribution < -0.4 is 11.5 Å². The lowest BCUT2D eigenvalue weighted by atomic mass is 10.2. The number of nitrogen functional groups attached to an aromatic ring is 1. The molecular weight excluding hydrogens is 282 g/mol. The first kappa shape index (κ1) is 13.2. The number of nitrogens with one attached hydrogen (secondary N) is 1. The van der Waals surface area contributed by atoms with Crippen LogP contribution in [-0.2, 0) is 10.0 Å². The summed E-state index contributed by atoms with van der Waals surface area (Å²) in [5.41, 5.74) is 6.45. The number of piperidine rings is 1. The first-order valence-electron chi connectivity index (χ1n) is 6.41. The zero-order chi connectivity index (χ0) is 14.3. The second-order valence-corrected chi connectivity index (χ2v) is 6.80. The Labute approximate surface area is 115 Å².